The van der Waals surface area contributed by atoms with Crippen molar-refractivity contribution >= 4 is 11.6 Å². The molecule has 0 radical (unpaired) electrons. The Morgan fingerprint density at radius 2 is 2.04 bits per heavy atom. The molecule has 0 unspecified atom stereocenters. The lowest BCUT2D eigenvalue weighted by Crippen LogP contribution is -2.32. The lowest BCUT2D eigenvalue weighted by Gasteiger charge is -2.30. The summed E-state index contributed by atoms with van der Waals surface area (Å²) in [4.78, 5) is 11.0. The number of carbonyl (C=O) groups is 1. The van der Waals surface area contributed by atoms with Gasteiger partial charge in [-0.25, -0.2) is 4.68 Å². The predicted octanol–water partition coefficient (Wildman–Crippen LogP) is 3.03. The van der Waals surface area contributed by atoms with Gasteiger partial charge in [0, 0.05) is 30.8 Å². The summed E-state index contributed by atoms with van der Waals surface area (Å²) in [5, 5.41) is 18.7. The Morgan fingerprint density at radius 3 is 2.73 bits per heavy atom. The van der Waals surface area contributed by atoms with Gasteiger partial charge in [0.15, 0.2) is 5.82 Å². The van der Waals surface area contributed by atoms with Crippen LogP contribution in [0.1, 0.15) is 52.5 Å². The molecule has 0 bridgehead atoms. The van der Waals surface area contributed by atoms with Gasteiger partial charge in [-0.1, -0.05) is 12.1 Å². The van der Waals surface area contributed by atoms with E-state index in [2.05, 4.69) is 52.1 Å². The zero-order valence-corrected chi connectivity index (χ0v) is 15.8. The van der Waals surface area contributed by atoms with Gasteiger partial charge in [0.05, 0.1) is 6.04 Å². The molecule has 1 aromatic heterocycles. The van der Waals surface area contributed by atoms with Crippen molar-refractivity contribution in [1.29, 1.82) is 0 Å². The minimum absolute atomic E-state index is 0.0609. The maximum Gasteiger partial charge on any atom is 0.216 e. The molecule has 1 amide bonds. The number of nitrogens with zero attached hydrogens (tertiary/aromatic N) is 4. The highest BCUT2D eigenvalue weighted by Crippen LogP contribution is 2.28. The molecule has 0 atom stereocenters. The SMILES string of the molecule is CC(=O)NCC1CCC(Nc2cccc(-c3nnnn3C(C)C)c2)CC1. The predicted molar refractivity (Wildman–Crippen MR) is 102 cm³/mol. The third-order valence-electron chi connectivity index (χ3n) is 4.96. The first-order valence-electron chi connectivity index (χ1n) is 9.42. The molecule has 1 aliphatic rings. The van der Waals surface area contributed by atoms with Crippen LogP contribution >= 0.6 is 0 Å². The number of hydrogen-bond acceptors (Lipinski definition) is 5. The molecular weight excluding hydrogens is 328 g/mol. The van der Waals surface area contributed by atoms with Crippen LogP contribution in [0.25, 0.3) is 11.4 Å². The minimum atomic E-state index is 0.0609. The number of anilines is 1. The summed E-state index contributed by atoms with van der Waals surface area (Å²) >= 11 is 0. The number of nitrogens with one attached hydrogen (secondary N) is 2. The van der Waals surface area contributed by atoms with E-state index in [-0.39, 0.29) is 11.9 Å². The van der Waals surface area contributed by atoms with Crippen molar-refractivity contribution in [1.82, 2.24) is 25.5 Å². The summed E-state index contributed by atoms with van der Waals surface area (Å²) in [5.74, 6) is 1.45. The quantitative estimate of drug-likeness (QED) is 0.831. The third kappa shape index (κ3) is 4.59. The van der Waals surface area contributed by atoms with Crippen LogP contribution in [0.4, 0.5) is 5.69 Å². The minimum Gasteiger partial charge on any atom is -0.382 e. The number of benzene rings is 1. The smallest absolute Gasteiger partial charge is 0.216 e. The molecule has 7 heteroatoms. The average molecular weight is 356 g/mol. The van der Waals surface area contributed by atoms with E-state index in [0.29, 0.717) is 12.0 Å². The molecule has 1 aliphatic carbocycles. The number of carbonyl (C=O) groups excluding carboxylic acids is 1. The van der Waals surface area contributed by atoms with E-state index < -0.39 is 0 Å². The molecule has 0 aliphatic heterocycles. The topological polar surface area (TPSA) is 84.7 Å². The highest BCUT2D eigenvalue weighted by molar-refractivity contribution is 5.72. The van der Waals surface area contributed by atoms with Gasteiger partial charge in [-0.15, -0.1) is 5.10 Å². The van der Waals surface area contributed by atoms with Crippen LogP contribution in [-0.2, 0) is 4.79 Å². The molecule has 26 heavy (non-hydrogen) atoms. The maximum atomic E-state index is 11.0. The van der Waals surface area contributed by atoms with Gasteiger partial charge in [0.2, 0.25) is 5.91 Å². The second-order valence-electron chi connectivity index (χ2n) is 7.42. The van der Waals surface area contributed by atoms with Gasteiger partial charge in [-0.2, -0.15) is 0 Å². The summed E-state index contributed by atoms with van der Waals surface area (Å²) in [6, 6.07) is 8.99. The Kier molecular flexibility index (Phi) is 5.85. The third-order valence-corrected chi connectivity index (χ3v) is 4.96. The summed E-state index contributed by atoms with van der Waals surface area (Å²) < 4.78 is 1.84. The normalized spacial score (nSPS) is 20.2. The fourth-order valence-corrected chi connectivity index (χ4v) is 3.51. The molecule has 1 heterocycles. The van der Waals surface area contributed by atoms with Crippen molar-refractivity contribution in [2.75, 3.05) is 11.9 Å². The number of rotatable bonds is 6. The van der Waals surface area contributed by atoms with Crippen LogP contribution in [0.2, 0.25) is 0 Å². The van der Waals surface area contributed by atoms with Crippen LogP contribution in [-0.4, -0.2) is 38.7 Å². The van der Waals surface area contributed by atoms with Gasteiger partial charge in [0.1, 0.15) is 0 Å². The second-order valence-corrected chi connectivity index (χ2v) is 7.42. The zero-order chi connectivity index (χ0) is 18.5. The van der Waals surface area contributed by atoms with Gasteiger partial charge in [-0.3, -0.25) is 4.79 Å². The fraction of sp³-hybridized carbons (Fsp3) is 0.579. The number of aromatic nitrogens is 4. The van der Waals surface area contributed by atoms with Gasteiger partial charge in [-0.05, 0) is 68.0 Å². The van der Waals surface area contributed by atoms with E-state index in [9.17, 15) is 4.79 Å². The van der Waals surface area contributed by atoms with Crippen molar-refractivity contribution in [2.24, 2.45) is 5.92 Å². The molecule has 2 aromatic rings. The van der Waals surface area contributed by atoms with Gasteiger partial charge >= 0.3 is 0 Å². The Labute approximate surface area is 154 Å². The molecule has 1 aromatic carbocycles. The van der Waals surface area contributed by atoms with E-state index in [1.807, 2.05) is 16.8 Å². The Bertz CT molecular complexity index is 733. The van der Waals surface area contributed by atoms with Crippen LogP contribution in [0.5, 0.6) is 0 Å². The number of amides is 1. The standard InChI is InChI=1S/C19H28N6O/c1-13(2)25-19(22-23-24-25)16-5-4-6-18(11-16)21-17-9-7-15(8-10-17)12-20-14(3)26/h4-6,11,13,15,17,21H,7-10,12H2,1-3H3,(H,20,26). The van der Waals surface area contributed by atoms with E-state index >= 15 is 0 Å². The van der Waals surface area contributed by atoms with E-state index in [1.54, 1.807) is 6.92 Å². The zero-order valence-electron chi connectivity index (χ0n) is 15.8. The summed E-state index contributed by atoms with van der Waals surface area (Å²) in [5.41, 5.74) is 2.12. The van der Waals surface area contributed by atoms with Crippen LogP contribution < -0.4 is 10.6 Å². The van der Waals surface area contributed by atoms with Crippen LogP contribution in [0.3, 0.4) is 0 Å². The average Bonchev–Trinajstić information content (AvgIpc) is 3.11. The van der Waals surface area contributed by atoms with Crippen LogP contribution in [0, 0.1) is 5.92 Å². The second kappa shape index (κ2) is 8.29. The molecule has 7 nitrogen and oxygen atoms in total. The van der Waals surface area contributed by atoms with Gasteiger partial charge < -0.3 is 10.6 Å². The van der Waals surface area contributed by atoms with Crippen molar-refractivity contribution < 1.29 is 4.79 Å². The fourth-order valence-electron chi connectivity index (χ4n) is 3.51. The Balaban J connectivity index is 1.60. The van der Waals surface area contributed by atoms with Gasteiger partial charge in [0.25, 0.3) is 0 Å². The molecule has 0 saturated heterocycles. The Morgan fingerprint density at radius 1 is 1.27 bits per heavy atom. The maximum absolute atomic E-state index is 11.0. The summed E-state index contributed by atoms with van der Waals surface area (Å²) in [7, 11) is 0. The van der Waals surface area contributed by atoms with Crippen molar-refractivity contribution in [3.05, 3.63) is 24.3 Å². The van der Waals surface area contributed by atoms with E-state index in [4.69, 9.17) is 0 Å². The van der Waals surface area contributed by atoms with Crippen molar-refractivity contribution in [3.63, 3.8) is 0 Å². The molecule has 3 rings (SSSR count). The molecule has 1 fully saturated rings. The first kappa shape index (κ1) is 18.4. The molecule has 1 saturated carbocycles. The Hall–Kier alpha value is -2.44. The molecule has 2 N–H and O–H groups in total. The molecule has 0 spiro atoms. The summed E-state index contributed by atoms with van der Waals surface area (Å²) in [6.45, 7) is 6.52. The lowest BCUT2D eigenvalue weighted by atomic mass is 9.86. The van der Waals surface area contributed by atoms with E-state index in [1.165, 1.54) is 0 Å². The van der Waals surface area contributed by atoms with Crippen molar-refractivity contribution in [3.8, 4) is 11.4 Å². The molecule has 140 valence electrons. The highest BCUT2D eigenvalue weighted by Gasteiger charge is 2.21. The number of hydrogen-bond donors (Lipinski definition) is 2. The van der Waals surface area contributed by atoms with Crippen LogP contribution in [0.15, 0.2) is 24.3 Å². The largest absolute Gasteiger partial charge is 0.382 e. The molecular formula is C19H28N6O. The monoisotopic (exact) mass is 356 g/mol. The first-order chi connectivity index (χ1) is 12.5. The lowest BCUT2D eigenvalue weighted by molar-refractivity contribution is -0.119. The first-order valence-corrected chi connectivity index (χ1v) is 9.42. The van der Waals surface area contributed by atoms with E-state index in [0.717, 1.165) is 49.3 Å². The summed E-state index contributed by atoms with van der Waals surface area (Å²) in [6.07, 6.45) is 4.53. The highest BCUT2D eigenvalue weighted by atomic mass is 16.1. The van der Waals surface area contributed by atoms with Crippen molar-refractivity contribution in [2.45, 2.75) is 58.5 Å². The number of tetrazole rings is 1.